The summed E-state index contributed by atoms with van der Waals surface area (Å²) >= 11 is 6.14. The first kappa shape index (κ1) is 21.3. The van der Waals surface area contributed by atoms with Gasteiger partial charge in [-0.1, -0.05) is 17.7 Å². The van der Waals surface area contributed by atoms with Crippen LogP contribution < -0.4 is 20.4 Å². The van der Waals surface area contributed by atoms with Gasteiger partial charge in [0.15, 0.2) is 11.6 Å². The van der Waals surface area contributed by atoms with Crippen molar-refractivity contribution in [3.05, 3.63) is 35.6 Å². The molecule has 2 aromatic rings. The van der Waals surface area contributed by atoms with Gasteiger partial charge in [-0.3, -0.25) is 0 Å². The van der Waals surface area contributed by atoms with E-state index in [1.54, 1.807) is 11.2 Å². The Balaban J connectivity index is 1.40. The van der Waals surface area contributed by atoms with Crippen molar-refractivity contribution in [2.75, 3.05) is 79.4 Å². The second kappa shape index (κ2) is 9.47. The average Bonchev–Trinajstić information content (AvgIpc) is 2.80. The zero-order chi connectivity index (χ0) is 21.8. The van der Waals surface area contributed by atoms with Crippen LogP contribution in [0, 0.1) is 0 Å². The highest BCUT2D eigenvalue weighted by molar-refractivity contribution is 6.30. The number of anilines is 4. The fourth-order valence-electron chi connectivity index (χ4n) is 4.05. The van der Waals surface area contributed by atoms with E-state index in [0.29, 0.717) is 38.5 Å². The number of carbonyl (C=O) groups excluding carboxylic acids is 1. The summed E-state index contributed by atoms with van der Waals surface area (Å²) in [4.78, 5) is 29.2. The van der Waals surface area contributed by atoms with Crippen molar-refractivity contribution >= 4 is 40.7 Å². The first-order valence-corrected chi connectivity index (χ1v) is 11.0. The Bertz CT molecular complexity index is 912. The zero-order valence-corrected chi connectivity index (χ0v) is 18.5. The number of halogens is 1. The van der Waals surface area contributed by atoms with Crippen molar-refractivity contribution in [1.29, 1.82) is 0 Å². The fourth-order valence-corrected chi connectivity index (χ4v) is 4.23. The number of hydrogen-bond acceptors (Lipinski definition) is 8. The predicted molar refractivity (Wildman–Crippen MR) is 123 cm³/mol. The summed E-state index contributed by atoms with van der Waals surface area (Å²) in [5.41, 5.74) is 8.22. The lowest BCUT2D eigenvalue weighted by Crippen LogP contribution is -2.49. The number of ether oxygens (including phenoxy) is 1. The number of hydrogen-bond donors (Lipinski definition) is 1. The van der Waals surface area contributed by atoms with Gasteiger partial charge < -0.3 is 30.1 Å². The summed E-state index contributed by atoms with van der Waals surface area (Å²) < 4.78 is 5.09. The van der Waals surface area contributed by atoms with Gasteiger partial charge in [0.05, 0.1) is 6.61 Å². The molecule has 2 N–H and O–H groups in total. The molecular formula is C21H28ClN7O2. The van der Waals surface area contributed by atoms with E-state index >= 15 is 0 Å². The van der Waals surface area contributed by atoms with Gasteiger partial charge in [-0.15, -0.1) is 0 Å². The minimum Gasteiger partial charge on any atom is -0.450 e. The maximum atomic E-state index is 11.9. The molecule has 2 saturated heterocycles. The lowest BCUT2D eigenvalue weighted by atomic mass is 10.2. The molecule has 0 saturated carbocycles. The van der Waals surface area contributed by atoms with E-state index in [-0.39, 0.29) is 6.09 Å². The van der Waals surface area contributed by atoms with Crippen LogP contribution >= 0.6 is 11.6 Å². The van der Waals surface area contributed by atoms with Crippen LogP contribution in [-0.2, 0) is 4.74 Å². The third-order valence-electron chi connectivity index (χ3n) is 5.70. The van der Waals surface area contributed by atoms with Gasteiger partial charge in [0.1, 0.15) is 12.0 Å². The van der Waals surface area contributed by atoms with Gasteiger partial charge in [-0.05, 0) is 25.1 Å². The Morgan fingerprint density at radius 3 is 2.16 bits per heavy atom. The van der Waals surface area contributed by atoms with Crippen LogP contribution in [0.5, 0.6) is 0 Å². The molecule has 3 heterocycles. The van der Waals surface area contributed by atoms with Crippen molar-refractivity contribution in [1.82, 2.24) is 14.9 Å². The maximum Gasteiger partial charge on any atom is 0.409 e. The number of rotatable bonds is 4. The number of amides is 1. The van der Waals surface area contributed by atoms with Gasteiger partial charge in [0.25, 0.3) is 0 Å². The molecule has 4 rings (SSSR count). The van der Waals surface area contributed by atoms with Gasteiger partial charge >= 0.3 is 6.09 Å². The van der Waals surface area contributed by atoms with Crippen LogP contribution in [0.2, 0.25) is 5.02 Å². The number of piperazine rings is 2. The molecule has 1 aromatic heterocycles. The van der Waals surface area contributed by atoms with Crippen molar-refractivity contribution in [2.45, 2.75) is 6.92 Å². The molecule has 0 aliphatic carbocycles. The lowest BCUT2D eigenvalue weighted by molar-refractivity contribution is 0.105. The van der Waals surface area contributed by atoms with E-state index in [4.69, 9.17) is 22.1 Å². The van der Waals surface area contributed by atoms with E-state index in [1.807, 2.05) is 25.1 Å². The summed E-state index contributed by atoms with van der Waals surface area (Å²) in [6.45, 7) is 8.00. The molecule has 2 fully saturated rings. The van der Waals surface area contributed by atoms with E-state index in [0.717, 1.165) is 48.5 Å². The highest BCUT2D eigenvalue weighted by atomic mass is 35.5. The second-order valence-corrected chi connectivity index (χ2v) is 8.00. The molecule has 9 nitrogen and oxygen atoms in total. The first-order valence-electron chi connectivity index (χ1n) is 10.6. The van der Waals surface area contributed by atoms with Crippen LogP contribution in [0.15, 0.2) is 30.6 Å². The predicted octanol–water partition coefficient (Wildman–Crippen LogP) is 2.32. The van der Waals surface area contributed by atoms with E-state index < -0.39 is 0 Å². The van der Waals surface area contributed by atoms with Crippen molar-refractivity contribution < 1.29 is 9.53 Å². The molecule has 166 valence electrons. The molecule has 10 heteroatoms. The molecule has 0 spiro atoms. The van der Waals surface area contributed by atoms with E-state index in [1.165, 1.54) is 0 Å². The number of nitrogens with zero attached hydrogens (tertiary/aromatic N) is 6. The van der Waals surface area contributed by atoms with Crippen LogP contribution in [0.4, 0.5) is 27.8 Å². The smallest absolute Gasteiger partial charge is 0.409 e. The molecular weight excluding hydrogens is 418 g/mol. The molecule has 1 aromatic carbocycles. The Labute approximate surface area is 187 Å². The SMILES string of the molecule is CCOC(=O)N1CCN(c2ncnc(N3CCN(c4cccc(Cl)c4)CC3)c2N)CC1. The van der Waals surface area contributed by atoms with Crippen molar-refractivity contribution in [3.63, 3.8) is 0 Å². The third kappa shape index (κ3) is 4.71. The van der Waals surface area contributed by atoms with Crippen LogP contribution in [-0.4, -0.2) is 79.9 Å². The monoisotopic (exact) mass is 445 g/mol. The molecule has 2 aliphatic heterocycles. The van der Waals surface area contributed by atoms with Gasteiger partial charge in [-0.2, -0.15) is 0 Å². The van der Waals surface area contributed by atoms with Gasteiger partial charge in [0.2, 0.25) is 0 Å². The molecule has 1 amide bonds. The fraction of sp³-hybridized carbons (Fsp3) is 0.476. The minimum atomic E-state index is -0.268. The normalized spacial score (nSPS) is 17.1. The standard InChI is InChI=1S/C21H28ClN7O2/c1-2-31-21(30)29-12-10-28(11-13-29)20-18(23)19(24-15-25-20)27-8-6-26(7-9-27)17-5-3-4-16(22)14-17/h3-5,14-15H,2,6-13,23H2,1H3. The largest absolute Gasteiger partial charge is 0.450 e. The third-order valence-corrected chi connectivity index (χ3v) is 5.93. The van der Waals surface area contributed by atoms with Crippen LogP contribution in [0.1, 0.15) is 6.92 Å². The molecule has 0 radical (unpaired) electrons. The first-order chi connectivity index (χ1) is 15.1. The number of nitrogen functional groups attached to an aromatic ring is 1. The highest BCUT2D eigenvalue weighted by Gasteiger charge is 2.27. The number of nitrogens with two attached hydrogens (primary N) is 1. The molecule has 0 unspecified atom stereocenters. The number of benzene rings is 1. The quantitative estimate of drug-likeness (QED) is 0.766. The zero-order valence-electron chi connectivity index (χ0n) is 17.7. The van der Waals surface area contributed by atoms with E-state index in [9.17, 15) is 4.79 Å². The van der Waals surface area contributed by atoms with E-state index in [2.05, 4.69) is 30.7 Å². The molecule has 0 bridgehead atoms. The summed E-state index contributed by atoms with van der Waals surface area (Å²) in [7, 11) is 0. The summed E-state index contributed by atoms with van der Waals surface area (Å²) in [6.07, 6.45) is 1.30. The van der Waals surface area contributed by atoms with Crippen molar-refractivity contribution in [2.24, 2.45) is 0 Å². The molecule has 0 atom stereocenters. The maximum absolute atomic E-state index is 11.9. The highest BCUT2D eigenvalue weighted by Crippen LogP contribution is 2.31. The van der Waals surface area contributed by atoms with Crippen molar-refractivity contribution in [3.8, 4) is 0 Å². The number of carbonyl (C=O) groups is 1. The number of aromatic nitrogens is 2. The van der Waals surface area contributed by atoms with Gasteiger partial charge in [0, 0.05) is 63.1 Å². The van der Waals surface area contributed by atoms with Gasteiger partial charge in [-0.25, -0.2) is 14.8 Å². The Morgan fingerprint density at radius 2 is 1.58 bits per heavy atom. The second-order valence-electron chi connectivity index (χ2n) is 7.56. The topological polar surface area (TPSA) is 91.1 Å². The Kier molecular flexibility index (Phi) is 6.50. The Hall–Kier alpha value is -2.94. The molecule has 2 aliphatic rings. The average molecular weight is 446 g/mol. The summed E-state index contributed by atoms with van der Waals surface area (Å²) in [5.74, 6) is 1.49. The van der Waals surface area contributed by atoms with Crippen LogP contribution in [0.25, 0.3) is 0 Å². The summed E-state index contributed by atoms with van der Waals surface area (Å²) in [6, 6.07) is 7.93. The van der Waals surface area contributed by atoms with Crippen LogP contribution in [0.3, 0.4) is 0 Å². The Morgan fingerprint density at radius 1 is 1.00 bits per heavy atom. The minimum absolute atomic E-state index is 0.268. The lowest BCUT2D eigenvalue weighted by Gasteiger charge is -2.38. The molecule has 31 heavy (non-hydrogen) atoms. The summed E-state index contributed by atoms with van der Waals surface area (Å²) in [5, 5.41) is 0.743.